The highest BCUT2D eigenvalue weighted by molar-refractivity contribution is 5.97. The van der Waals surface area contributed by atoms with Crippen LogP contribution in [0.15, 0.2) is 84.9 Å². The standard InChI is InChI=1S/C33H31N5O2/c1-4-9-30-36-31-21(2)18-24(32-35-27-12-7-8-13-28(27)37(32)3)19-29(31)38(30)20-22-14-16-23(17-15-22)25-10-5-6-11-26(25)33(39)40-34/h5-8,10-19H,4,9,20,34H2,1-3H3. The highest BCUT2D eigenvalue weighted by Gasteiger charge is 2.18. The summed E-state index contributed by atoms with van der Waals surface area (Å²) >= 11 is 0. The maximum absolute atomic E-state index is 12.2. The topological polar surface area (TPSA) is 88.0 Å². The van der Waals surface area contributed by atoms with Crippen LogP contribution in [0, 0.1) is 6.92 Å². The Morgan fingerprint density at radius 1 is 0.900 bits per heavy atom. The molecule has 0 aliphatic carbocycles. The second-order valence-electron chi connectivity index (χ2n) is 10.2. The first kappa shape index (κ1) is 25.5. The number of nitrogens with zero attached hydrogens (tertiary/aromatic N) is 4. The third-order valence-electron chi connectivity index (χ3n) is 7.50. The first-order chi connectivity index (χ1) is 19.5. The molecule has 0 fully saturated rings. The second kappa shape index (κ2) is 10.4. The summed E-state index contributed by atoms with van der Waals surface area (Å²) in [6.07, 6.45) is 1.90. The van der Waals surface area contributed by atoms with E-state index in [4.69, 9.17) is 15.9 Å². The van der Waals surface area contributed by atoms with Crippen LogP contribution in [0.2, 0.25) is 0 Å². The molecule has 0 spiro atoms. The van der Waals surface area contributed by atoms with Crippen molar-refractivity contribution in [2.75, 3.05) is 0 Å². The Hall–Kier alpha value is -4.75. The van der Waals surface area contributed by atoms with E-state index in [1.54, 1.807) is 12.1 Å². The zero-order valence-corrected chi connectivity index (χ0v) is 22.9. The molecule has 6 rings (SSSR count). The average molecular weight is 530 g/mol. The van der Waals surface area contributed by atoms with Gasteiger partial charge in [0.25, 0.3) is 0 Å². The van der Waals surface area contributed by atoms with Gasteiger partial charge >= 0.3 is 5.97 Å². The minimum Gasteiger partial charge on any atom is -0.370 e. The van der Waals surface area contributed by atoms with Gasteiger partial charge in [0, 0.05) is 25.6 Å². The first-order valence-electron chi connectivity index (χ1n) is 13.5. The molecular formula is C33H31N5O2. The minimum atomic E-state index is -0.555. The SMILES string of the molecule is CCCc1nc2c(C)cc(-c3nc4ccccc4n3C)cc2n1Cc1ccc(-c2ccccc2C(=O)ON)cc1. The van der Waals surface area contributed by atoms with Crippen LogP contribution in [-0.2, 0) is 24.9 Å². The van der Waals surface area contributed by atoms with E-state index in [1.165, 1.54) is 0 Å². The van der Waals surface area contributed by atoms with Crippen LogP contribution < -0.4 is 5.90 Å². The van der Waals surface area contributed by atoms with Crippen molar-refractivity contribution in [3.63, 3.8) is 0 Å². The quantitative estimate of drug-likeness (QED) is 0.236. The van der Waals surface area contributed by atoms with Gasteiger partial charge in [-0.15, -0.1) is 0 Å². The van der Waals surface area contributed by atoms with Crippen molar-refractivity contribution in [3.8, 4) is 22.5 Å². The second-order valence-corrected chi connectivity index (χ2v) is 10.2. The van der Waals surface area contributed by atoms with Crippen LogP contribution in [0.1, 0.15) is 40.7 Å². The van der Waals surface area contributed by atoms with Gasteiger partial charge in [0.05, 0.1) is 27.6 Å². The Bertz CT molecular complexity index is 1860. The third kappa shape index (κ3) is 4.44. The molecule has 40 heavy (non-hydrogen) atoms. The van der Waals surface area contributed by atoms with E-state index in [-0.39, 0.29) is 0 Å². The number of aryl methyl sites for hydroxylation is 3. The Morgan fingerprint density at radius 2 is 1.65 bits per heavy atom. The third-order valence-corrected chi connectivity index (χ3v) is 7.50. The molecule has 0 unspecified atom stereocenters. The van der Waals surface area contributed by atoms with Crippen molar-refractivity contribution < 1.29 is 9.63 Å². The molecule has 2 N–H and O–H groups in total. The van der Waals surface area contributed by atoms with E-state index in [9.17, 15) is 4.79 Å². The zero-order chi connectivity index (χ0) is 27.8. The lowest BCUT2D eigenvalue weighted by Crippen LogP contribution is -2.11. The Kier molecular flexibility index (Phi) is 6.66. The molecule has 7 heteroatoms. The molecule has 0 radical (unpaired) electrons. The maximum Gasteiger partial charge on any atom is 0.357 e. The molecule has 0 amide bonds. The van der Waals surface area contributed by atoms with Crippen molar-refractivity contribution in [3.05, 3.63) is 107 Å². The van der Waals surface area contributed by atoms with Gasteiger partial charge in [0.2, 0.25) is 0 Å². The number of nitrogens with two attached hydrogens (primary N) is 1. The summed E-state index contributed by atoms with van der Waals surface area (Å²) in [6, 6.07) is 28.2. The van der Waals surface area contributed by atoms with Crippen LogP contribution in [0.4, 0.5) is 0 Å². The zero-order valence-electron chi connectivity index (χ0n) is 22.9. The van der Waals surface area contributed by atoms with E-state index in [0.29, 0.717) is 12.1 Å². The molecule has 0 saturated heterocycles. The summed E-state index contributed by atoms with van der Waals surface area (Å²) in [5.41, 5.74) is 9.72. The number of carbonyl (C=O) groups is 1. The fourth-order valence-electron chi connectivity index (χ4n) is 5.51. The lowest BCUT2D eigenvalue weighted by Gasteiger charge is -2.12. The smallest absolute Gasteiger partial charge is 0.357 e. The number of imidazole rings is 2. The van der Waals surface area contributed by atoms with E-state index in [0.717, 1.165) is 74.4 Å². The lowest BCUT2D eigenvalue weighted by molar-refractivity contribution is 0.0504. The van der Waals surface area contributed by atoms with Crippen LogP contribution in [0.25, 0.3) is 44.6 Å². The summed E-state index contributed by atoms with van der Waals surface area (Å²) in [7, 11) is 2.07. The van der Waals surface area contributed by atoms with Gasteiger partial charge in [-0.3, -0.25) is 0 Å². The first-order valence-corrected chi connectivity index (χ1v) is 13.5. The summed E-state index contributed by atoms with van der Waals surface area (Å²) in [4.78, 5) is 26.7. The molecule has 2 heterocycles. The maximum atomic E-state index is 12.2. The number of carbonyl (C=O) groups excluding carboxylic acids is 1. The largest absolute Gasteiger partial charge is 0.370 e. The average Bonchev–Trinajstić information content (AvgIpc) is 3.50. The van der Waals surface area contributed by atoms with E-state index < -0.39 is 5.97 Å². The predicted octanol–water partition coefficient (Wildman–Crippen LogP) is 6.60. The molecule has 4 aromatic carbocycles. The highest BCUT2D eigenvalue weighted by atomic mass is 16.7. The Balaban J connectivity index is 1.41. The van der Waals surface area contributed by atoms with Gasteiger partial charge in [-0.25, -0.2) is 14.8 Å². The van der Waals surface area contributed by atoms with Gasteiger partial charge in [-0.05, 0) is 65.9 Å². The molecule has 0 aliphatic heterocycles. The van der Waals surface area contributed by atoms with Gasteiger partial charge in [0.1, 0.15) is 11.6 Å². The Morgan fingerprint density at radius 3 is 2.40 bits per heavy atom. The van der Waals surface area contributed by atoms with Gasteiger partial charge in [0.15, 0.2) is 0 Å². The fraction of sp³-hybridized carbons (Fsp3) is 0.182. The van der Waals surface area contributed by atoms with Gasteiger partial charge < -0.3 is 14.0 Å². The monoisotopic (exact) mass is 529 g/mol. The van der Waals surface area contributed by atoms with E-state index in [1.807, 2.05) is 36.4 Å². The number of para-hydroxylation sites is 2. The summed E-state index contributed by atoms with van der Waals surface area (Å²) < 4.78 is 4.48. The predicted molar refractivity (Wildman–Crippen MR) is 159 cm³/mol. The number of benzene rings is 4. The number of rotatable bonds is 7. The fourth-order valence-corrected chi connectivity index (χ4v) is 5.51. The van der Waals surface area contributed by atoms with Crippen molar-refractivity contribution in [2.45, 2.75) is 33.2 Å². The molecule has 6 aromatic rings. The van der Waals surface area contributed by atoms with Crippen LogP contribution >= 0.6 is 0 Å². The van der Waals surface area contributed by atoms with E-state index >= 15 is 0 Å². The van der Waals surface area contributed by atoms with E-state index in [2.05, 4.69) is 71.3 Å². The van der Waals surface area contributed by atoms with Crippen LogP contribution in [0.5, 0.6) is 0 Å². The van der Waals surface area contributed by atoms with Crippen molar-refractivity contribution in [2.24, 2.45) is 12.9 Å². The summed E-state index contributed by atoms with van der Waals surface area (Å²) in [5, 5.41) is 0. The summed E-state index contributed by atoms with van der Waals surface area (Å²) in [5.74, 6) is 6.61. The van der Waals surface area contributed by atoms with Crippen molar-refractivity contribution in [1.82, 2.24) is 19.1 Å². The highest BCUT2D eigenvalue weighted by Crippen LogP contribution is 2.31. The molecular weight excluding hydrogens is 498 g/mol. The van der Waals surface area contributed by atoms with Crippen molar-refractivity contribution >= 4 is 28.0 Å². The Labute approximate surface area is 232 Å². The molecule has 0 bridgehead atoms. The minimum absolute atomic E-state index is 0.438. The molecule has 0 saturated carbocycles. The normalized spacial score (nSPS) is 11.4. The molecule has 2 aromatic heterocycles. The van der Waals surface area contributed by atoms with Gasteiger partial charge in [-0.2, -0.15) is 5.90 Å². The molecule has 0 aliphatic rings. The number of hydrogen-bond acceptors (Lipinski definition) is 5. The summed E-state index contributed by atoms with van der Waals surface area (Å²) in [6.45, 7) is 4.99. The number of fused-ring (bicyclic) bond motifs is 2. The van der Waals surface area contributed by atoms with Crippen LogP contribution in [0.3, 0.4) is 0 Å². The molecule has 200 valence electrons. The van der Waals surface area contributed by atoms with Gasteiger partial charge in [-0.1, -0.05) is 61.5 Å². The lowest BCUT2D eigenvalue weighted by atomic mass is 9.98. The van der Waals surface area contributed by atoms with Crippen molar-refractivity contribution in [1.29, 1.82) is 0 Å². The number of aromatic nitrogens is 4. The van der Waals surface area contributed by atoms with Crippen LogP contribution in [-0.4, -0.2) is 25.1 Å². The molecule has 0 atom stereocenters. The molecule has 7 nitrogen and oxygen atoms in total. The number of hydrogen-bond donors (Lipinski definition) is 1.